The predicted molar refractivity (Wildman–Crippen MR) is 159 cm³/mol. The van der Waals surface area contributed by atoms with Gasteiger partial charge in [-0.3, -0.25) is 14.2 Å². The maximum Gasteiger partial charge on any atom is 0.263 e. The summed E-state index contributed by atoms with van der Waals surface area (Å²) in [4.78, 5) is 42.0. The first kappa shape index (κ1) is 25.6. The van der Waals surface area contributed by atoms with E-state index in [0.717, 1.165) is 49.8 Å². The van der Waals surface area contributed by atoms with Crippen LogP contribution in [0.15, 0.2) is 29.3 Å². The Balaban J connectivity index is 1.47. The molecule has 3 aromatic heterocycles. The van der Waals surface area contributed by atoms with Crippen molar-refractivity contribution in [3.63, 3.8) is 0 Å². The van der Waals surface area contributed by atoms with Gasteiger partial charge in [0, 0.05) is 30.7 Å². The highest BCUT2D eigenvalue weighted by molar-refractivity contribution is 6.45. The zero-order valence-corrected chi connectivity index (χ0v) is 22.7. The second-order valence-corrected chi connectivity index (χ2v) is 11.9. The predicted octanol–water partition coefficient (Wildman–Crippen LogP) is -1.19. The number of fused-ring (bicyclic) bond motifs is 1. The number of aromatic nitrogens is 4. The topological polar surface area (TPSA) is 105 Å². The Labute approximate surface area is 220 Å². The van der Waals surface area contributed by atoms with Crippen LogP contribution in [0.25, 0.3) is 11.0 Å². The number of nitrogens with one attached hydrogen (secondary N) is 2. The van der Waals surface area contributed by atoms with Crippen LogP contribution in [0.4, 0.5) is 17.5 Å². The Hall–Kier alpha value is -3.07. The molecule has 0 atom stereocenters. The molecule has 2 aliphatic rings. The summed E-state index contributed by atoms with van der Waals surface area (Å²) in [5, 5.41) is 7.62. The van der Waals surface area contributed by atoms with Crippen molar-refractivity contribution in [2.24, 2.45) is 0 Å². The molecule has 1 saturated carbocycles. The summed E-state index contributed by atoms with van der Waals surface area (Å²) in [7, 11) is 8.86. The molecule has 37 heavy (non-hydrogen) atoms. The van der Waals surface area contributed by atoms with Crippen LogP contribution in [-0.2, 0) is 0 Å². The van der Waals surface area contributed by atoms with Crippen LogP contribution in [-0.4, -0.2) is 80.5 Å². The molecule has 1 aliphatic carbocycles. The first-order valence-electron chi connectivity index (χ1n) is 13.1. The van der Waals surface area contributed by atoms with E-state index < -0.39 is 0 Å². The fraction of sp³-hybridized carbons (Fsp3) is 0.458. The van der Waals surface area contributed by atoms with Crippen molar-refractivity contribution in [2.75, 3.05) is 23.3 Å². The summed E-state index contributed by atoms with van der Waals surface area (Å²) in [6, 6.07) is 4.03. The number of carbonyl (C=O) groups excluding carboxylic acids is 1. The monoisotopic (exact) mass is 495 g/mol. The van der Waals surface area contributed by atoms with Crippen LogP contribution in [0.3, 0.4) is 0 Å². The molecule has 0 aromatic carbocycles. The van der Waals surface area contributed by atoms with E-state index in [-0.39, 0.29) is 33.6 Å². The van der Waals surface area contributed by atoms with E-state index >= 15 is 0 Å². The molecule has 0 amide bonds. The number of hydrogen-bond acceptors (Lipinski definition) is 8. The average molecular weight is 495 g/mol. The molecule has 0 radical (unpaired) electrons. The summed E-state index contributed by atoms with van der Waals surface area (Å²) < 4.78 is 1.73. The summed E-state index contributed by atoms with van der Waals surface area (Å²) in [5.74, 6) is 0.779. The Morgan fingerprint density at radius 1 is 1.08 bits per heavy atom. The molecule has 0 unspecified atom stereocenters. The lowest BCUT2D eigenvalue weighted by molar-refractivity contribution is 0.101. The van der Waals surface area contributed by atoms with Gasteiger partial charge in [-0.05, 0) is 55.1 Å². The van der Waals surface area contributed by atoms with E-state index in [1.54, 1.807) is 17.7 Å². The molecule has 188 valence electrons. The number of anilines is 3. The summed E-state index contributed by atoms with van der Waals surface area (Å²) in [5.41, 5.74) is 2.25. The molecule has 0 bridgehead atoms. The molecule has 3 aromatic rings. The average Bonchev–Trinajstić information content (AvgIpc) is 3.32. The summed E-state index contributed by atoms with van der Waals surface area (Å²) >= 11 is 0. The van der Waals surface area contributed by atoms with Gasteiger partial charge in [0.1, 0.15) is 42.9 Å². The van der Waals surface area contributed by atoms with Gasteiger partial charge in [0.25, 0.3) is 5.56 Å². The lowest BCUT2D eigenvalue weighted by Crippen LogP contribution is -2.73. The van der Waals surface area contributed by atoms with Crippen LogP contribution in [0.2, 0.25) is 0 Å². The largest absolute Gasteiger partial charge is 0.370 e. The van der Waals surface area contributed by atoms with Crippen molar-refractivity contribution in [1.82, 2.24) is 24.8 Å². The minimum absolute atomic E-state index is 0.00685. The van der Waals surface area contributed by atoms with Crippen LogP contribution >= 0.6 is 0 Å². The maximum atomic E-state index is 13.4. The Morgan fingerprint density at radius 2 is 1.76 bits per heavy atom. The third-order valence-corrected chi connectivity index (χ3v) is 7.45. The van der Waals surface area contributed by atoms with E-state index in [1.165, 1.54) is 6.92 Å². The quantitative estimate of drug-likeness (QED) is 0.337. The first-order valence-corrected chi connectivity index (χ1v) is 13.1. The minimum atomic E-state index is -0.251. The maximum absolute atomic E-state index is 13.4. The van der Waals surface area contributed by atoms with Gasteiger partial charge < -0.3 is 15.5 Å². The van der Waals surface area contributed by atoms with Crippen molar-refractivity contribution < 1.29 is 4.79 Å². The number of ketones is 1. The Kier molecular flexibility index (Phi) is 6.46. The van der Waals surface area contributed by atoms with E-state index in [0.29, 0.717) is 23.0 Å². The Morgan fingerprint density at radius 3 is 2.35 bits per heavy atom. The third kappa shape index (κ3) is 5.06. The fourth-order valence-corrected chi connectivity index (χ4v) is 6.26. The van der Waals surface area contributed by atoms with E-state index in [9.17, 15) is 9.59 Å². The standard InChI is InChI=1S/C24H33B4N7O2/c1-13-17-10-30-22(32-20(17)35(15-5-3-4-6-15)21(37)19(13)14(2)36)31-18-8-7-16(9-29-18)34-11-23(25,26)33-24(27,28)12-34/h7-10,15,33H,3-6,11-12,25-28H2,1-2H3,(H,29,30,31,32). The van der Waals surface area contributed by atoms with E-state index in [4.69, 9.17) is 4.98 Å². The minimum Gasteiger partial charge on any atom is -0.370 e. The molecule has 4 heterocycles. The van der Waals surface area contributed by atoms with Gasteiger partial charge in [-0.15, -0.1) is 0 Å². The molecule has 1 aliphatic heterocycles. The molecular formula is C24H33B4N7O2. The summed E-state index contributed by atoms with van der Waals surface area (Å²) in [6.07, 6.45) is 7.52. The number of rotatable bonds is 5. The van der Waals surface area contributed by atoms with Crippen molar-refractivity contribution in [3.05, 3.63) is 46.0 Å². The number of carbonyl (C=O) groups is 1. The SMILES string of the molecule is BC1(B)CN(c2ccc(Nc3ncc4c(C)c(C(C)=O)c(=O)n(C5CCCC5)c4n3)nc2)CC(B)(B)N1. The highest BCUT2D eigenvalue weighted by Gasteiger charge is 2.36. The van der Waals surface area contributed by atoms with Crippen molar-refractivity contribution in [2.45, 2.75) is 56.2 Å². The normalized spacial score (nSPS) is 19.2. The van der Waals surface area contributed by atoms with Gasteiger partial charge in [-0.1, -0.05) is 12.8 Å². The number of hydrogen-bond donors (Lipinski definition) is 2. The van der Waals surface area contributed by atoms with Gasteiger partial charge in [0.05, 0.1) is 17.4 Å². The number of pyridine rings is 2. The zero-order valence-electron chi connectivity index (χ0n) is 22.7. The van der Waals surface area contributed by atoms with Gasteiger partial charge in [0.2, 0.25) is 5.95 Å². The number of Topliss-reactive ketones (excluding diaryl/α,β-unsaturated/α-hetero) is 1. The van der Waals surface area contributed by atoms with E-state index in [1.807, 2.05) is 12.3 Å². The smallest absolute Gasteiger partial charge is 0.263 e. The highest BCUT2D eigenvalue weighted by atomic mass is 16.1. The molecule has 1 saturated heterocycles. The van der Waals surface area contributed by atoms with Gasteiger partial charge in [-0.25, -0.2) is 9.97 Å². The number of piperazine rings is 1. The molecule has 0 spiro atoms. The van der Waals surface area contributed by atoms with Crippen molar-refractivity contribution >= 4 is 65.7 Å². The number of nitrogens with zero attached hydrogens (tertiary/aromatic N) is 5. The lowest BCUT2D eigenvalue weighted by Gasteiger charge is -2.50. The van der Waals surface area contributed by atoms with Crippen molar-refractivity contribution in [3.8, 4) is 0 Å². The van der Waals surface area contributed by atoms with Crippen molar-refractivity contribution in [1.29, 1.82) is 0 Å². The summed E-state index contributed by atoms with van der Waals surface area (Å²) in [6.45, 7) is 5.02. The molecule has 13 heteroatoms. The molecule has 9 nitrogen and oxygen atoms in total. The molecule has 5 rings (SSSR count). The highest BCUT2D eigenvalue weighted by Crippen LogP contribution is 2.32. The molecule has 2 N–H and O–H groups in total. The van der Waals surface area contributed by atoms with Crippen LogP contribution in [0, 0.1) is 6.92 Å². The van der Waals surface area contributed by atoms with Gasteiger partial charge in [0.15, 0.2) is 5.78 Å². The van der Waals surface area contributed by atoms with Crippen LogP contribution in [0.1, 0.15) is 54.6 Å². The number of aryl methyl sites for hydroxylation is 1. The molecular weight excluding hydrogens is 462 g/mol. The zero-order chi connectivity index (χ0) is 26.5. The van der Waals surface area contributed by atoms with Crippen LogP contribution < -0.4 is 21.1 Å². The van der Waals surface area contributed by atoms with E-state index in [2.05, 4.69) is 63.0 Å². The second-order valence-electron chi connectivity index (χ2n) is 11.9. The first-order chi connectivity index (χ1) is 17.4. The fourth-order valence-electron chi connectivity index (χ4n) is 6.26. The molecule has 2 fully saturated rings. The Bertz CT molecular complexity index is 1400. The van der Waals surface area contributed by atoms with Gasteiger partial charge >= 0.3 is 0 Å². The van der Waals surface area contributed by atoms with Gasteiger partial charge in [-0.2, -0.15) is 4.98 Å². The van der Waals surface area contributed by atoms with Crippen LogP contribution in [0.5, 0.6) is 0 Å². The lowest BCUT2D eigenvalue weighted by atomic mass is 9.52. The third-order valence-electron chi connectivity index (χ3n) is 7.45. The second kappa shape index (κ2) is 9.35.